The number of fused-ring (bicyclic) bond motifs is 1. The Bertz CT molecular complexity index is 741. The number of hydrogen-bond donors (Lipinski definition) is 0. The van der Waals surface area contributed by atoms with E-state index in [9.17, 15) is 4.79 Å². The monoisotopic (exact) mass is 344 g/mol. The van der Waals surface area contributed by atoms with Gasteiger partial charge in [-0.15, -0.1) is 11.3 Å². The summed E-state index contributed by atoms with van der Waals surface area (Å²) in [7, 11) is 0. The van der Waals surface area contributed by atoms with Crippen LogP contribution in [0.2, 0.25) is 0 Å². The molecule has 0 radical (unpaired) electrons. The van der Waals surface area contributed by atoms with E-state index in [1.54, 1.807) is 0 Å². The van der Waals surface area contributed by atoms with Crippen LogP contribution in [0.15, 0.2) is 17.5 Å². The third-order valence-corrected chi connectivity index (χ3v) is 5.34. The van der Waals surface area contributed by atoms with Gasteiger partial charge in [-0.3, -0.25) is 4.79 Å². The first-order chi connectivity index (χ1) is 11.7. The molecule has 2 aliphatic heterocycles. The molecule has 4 rings (SSSR count). The van der Waals surface area contributed by atoms with Gasteiger partial charge in [-0.25, -0.2) is 9.97 Å². The standard InChI is InChI=1S/C17H20N4O2S/c1-12-18-14-4-5-21(17(22)15-3-2-10-24-15)11-13(14)16(19-12)20-6-8-23-9-7-20/h2-3,10H,4-9,11H2,1H3. The molecule has 7 heteroatoms. The summed E-state index contributed by atoms with van der Waals surface area (Å²) in [5.41, 5.74) is 2.18. The smallest absolute Gasteiger partial charge is 0.264 e. The molecular weight excluding hydrogens is 324 g/mol. The summed E-state index contributed by atoms with van der Waals surface area (Å²) < 4.78 is 5.46. The van der Waals surface area contributed by atoms with E-state index >= 15 is 0 Å². The van der Waals surface area contributed by atoms with Crippen LogP contribution in [0.1, 0.15) is 26.8 Å². The Labute approximate surface area is 145 Å². The molecule has 4 heterocycles. The maximum Gasteiger partial charge on any atom is 0.264 e. The number of nitrogens with zero attached hydrogens (tertiary/aromatic N) is 4. The number of anilines is 1. The first-order valence-electron chi connectivity index (χ1n) is 8.24. The van der Waals surface area contributed by atoms with Crippen molar-refractivity contribution in [3.8, 4) is 0 Å². The Hall–Kier alpha value is -1.99. The summed E-state index contributed by atoms with van der Waals surface area (Å²) in [5.74, 6) is 1.88. The molecule has 24 heavy (non-hydrogen) atoms. The van der Waals surface area contributed by atoms with Crippen LogP contribution in [0, 0.1) is 6.92 Å². The molecule has 0 unspecified atom stereocenters. The molecule has 0 aromatic carbocycles. The Morgan fingerprint density at radius 1 is 1.25 bits per heavy atom. The lowest BCUT2D eigenvalue weighted by Gasteiger charge is -2.34. The summed E-state index contributed by atoms with van der Waals surface area (Å²) in [6.45, 7) is 6.34. The van der Waals surface area contributed by atoms with Crippen LogP contribution in [0.5, 0.6) is 0 Å². The molecule has 126 valence electrons. The predicted octanol–water partition coefficient (Wildman–Crippen LogP) is 1.88. The highest BCUT2D eigenvalue weighted by atomic mass is 32.1. The topological polar surface area (TPSA) is 58.6 Å². The molecule has 2 aromatic heterocycles. The fraction of sp³-hybridized carbons (Fsp3) is 0.471. The minimum atomic E-state index is 0.101. The van der Waals surface area contributed by atoms with Gasteiger partial charge in [0, 0.05) is 31.6 Å². The summed E-state index contributed by atoms with van der Waals surface area (Å²) in [5, 5.41) is 1.94. The van der Waals surface area contributed by atoms with Crippen molar-refractivity contribution in [2.45, 2.75) is 19.9 Å². The van der Waals surface area contributed by atoms with Gasteiger partial charge < -0.3 is 14.5 Å². The molecule has 1 saturated heterocycles. The molecule has 0 bridgehead atoms. The number of rotatable bonds is 2. The summed E-state index contributed by atoms with van der Waals surface area (Å²) in [4.78, 5) is 27.0. The zero-order valence-corrected chi connectivity index (χ0v) is 14.5. The molecule has 1 amide bonds. The van der Waals surface area contributed by atoms with Gasteiger partial charge in [0.25, 0.3) is 5.91 Å². The highest BCUT2D eigenvalue weighted by molar-refractivity contribution is 7.12. The number of aryl methyl sites for hydroxylation is 1. The van der Waals surface area contributed by atoms with Crippen LogP contribution in [0.4, 0.5) is 5.82 Å². The van der Waals surface area contributed by atoms with Crippen molar-refractivity contribution in [2.75, 3.05) is 37.7 Å². The SMILES string of the molecule is Cc1nc2c(c(N3CCOCC3)n1)CN(C(=O)c1cccs1)CC2. The highest BCUT2D eigenvalue weighted by Crippen LogP contribution is 2.28. The lowest BCUT2D eigenvalue weighted by Crippen LogP contribution is -2.41. The number of ether oxygens (including phenoxy) is 1. The Morgan fingerprint density at radius 3 is 2.83 bits per heavy atom. The maximum atomic E-state index is 12.7. The summed E-state index contributed by atoms with van der Waals surface area (Å²) >= 11 is 1.49. The number of aromatic nitrogens is 2. The van der Waals surface area contributed by atoms with E-state index in [0.29, 0.717) is 13.1 Å². The van der Waals surface area contributed by atoms with Gasteiger partial charge in [-0.1, -0.05) is 6.07 Å². The minimum absolute atomic E-state index is 0.101. The molecule has 1 fully saturated rings. The van der Waals surface area contributed by atoms with Crippen molar-refractivity contribution in [1.82, 2.24) is 14.9 Å². The van der Waals surface area contributed by atoms with E-state index in [1.807, 2.05) is 29.3 Å². The van der Waals surface area contributed by atoms with E-state index in [4.69, 9.17) is 9.72 Å². The van der Waals surface area contributed by atoms with Gasteiger partial charge in [0.1, 0.15) is 11.6 Å². The Balaban J connectivity index is 1.65. The normalized spacial score (nSPS) is 17.7. The molecule has 2 aliphatic rings. The molecule has 0 atom stereocenters. The largest absolute Gasteiger partial charge is 0.378 e. The third-order valence-electron chi connectivity index (χ3n) is 4.48. The van der Waals surface area contributed by atoms with Gasteiger partial charge in [0.15, 0.2) is 0 Å². The molecule has 6 nitrogen and oxygen atoms in total. The molecule has 0 N–H and O–H groups in total. The number of thiophene rings is 1. The molecule has 2 aromatic rings. The molecule has 0 saturated carbocycles. The number of morpholine rings is 1. The van der Waals surface area contributed by atoms with E-state index in [-0.39, 0.29) is 5.91 Å². The number of amides is 1. The minimum Gasteiger partial charge on any atom is -0.378 e. The van der Waals surface area contributed by atoms with Crippen molar-refractivity contribution < 1.29 is 9.53 Å². The van der Waals surface area contributed by atoms with Crippen molar-refractivity contribution >= 4 is 23.1 Å². The average molecular weight is 344 g/mol. The van der Waals surface area contributed by atoms with Crippen LogP contribution in [0.25, 0.3) is 0 Å². The fourth-order valence-electron chi connectivity index (χ4n) is 3.28. The summed E-state index contributed by atoms with van der Waals surface area (Å²) in [6.07, 6.45) is 0.785. The van der Waals surface area contributed by atoms with Crippen LogP contribution >= 0.6 is 11.3 Å². The van der Waals surface area contributed by atoms with Crippen molar-refractivity contribution in [3.63, 3.8) is 0 Å². The maximum absolute atomic E-state index is 12.7. The molecule has 0 spiro atoms. The summed E-state index contributed by atoms with van der Waals surface area (Å²) in [6, 6.07) is 3.80. The van der Waals surface area contributed by atoms with Crippen LogP contribution < -0.4 is 4.90 Å². The van der Waals surface area contributed by atoms with Crippen molar-refractivity contribution in [3.05, 3.63) is 39.5 Å². The number of carbonyl (C=O) groups is 1. The Kier molecular flexibility index (Phi) is 4.20. The van der Waals surface area contributed by atoms with E-state index in [2.05, 4.69) is 9.88 Å². The second-order valence-electron chi connectivity index (χ2n) is 6.07. The second-order valence-corrected chi connectivity index (χ2v) is 7.02. The third kappa shape index (κ3) is 2.89. The molecular formula is C17H20N4O2S. The van der Waals surface area contributed by atoms with Crippen molar-refractivity contribution in [1.29, 1.82) is 0 Å². The van der Waals surface area contributed by atoms with E-state index in [0.717, 1.165) is 60.5 Å². The van der Waals surface area contributed by atoms with E-state index in [1.165, 1.54) is 11.3 Å². The van der Waals surface area contributed by atoms with Crippen LogP contribution in [0.3, 0.4) is 0 Å². The van der Waals surface area contributed by atoms with Gasteiger partial charge in [0.2, 0.25) is 0 Å². The fourth-order valence-corrected chi connectivity index (χ4v) is 3.97. The lowest BCUT2D eigenvalue weighted by atomic mass is 10.0. The van der Waals surface area contributed by atoms with Gasteiger partial charge in [-0.05, 0) is 18.4 Å². The van der Waals surface area contributed by atoms with Crippen molar-refractivity contribution in [2.24, 2.45) is 0 Å². The first kappa shape index (κ1) is 15.5. The average Bonchev–Trinajstić information content (AvgIpc) is 3.15. The highest BCUT2D eigenvalue weighted by Gasteiger charge is 2.28. The first-order valence-corrected chi connectivity index (χ1v) is 9.12. The van der Waals surface area contributed by atoms with Crippen LogP contribution in [-0.2, 0) is 17.7 Å². The van der Waals surface area contributed by atoms with E-state index < -0.39 is 0 Å². The predicted molar refractivity (Wildman–Crippen MR) is 92.6 cm³/mol. The molecule has 0 aliphatic carbocycles. The zero-order valence-electron chi connectivity index (χ0n) is 13.7. The Morgan fingerprint density at radius 2 is 2.08 bits per heavy atom. The lowest BCUT2D eigenvalue weighted by molar-refractivity contribution is 0.0738. The number of hydrogen-bond acceptors (Lipinski definition) is 6. The second kappa shape index (κ2) is 6.49. The van der Waals surface area contributed by atoms with Gasteiger partial charge in [0.05, 0.1) is 30.3 Å². The zero-order chi connectivity index (χ0) is 16.5. The van der Waals surface area contributed by atoms with Gasteiger partial charge in [-0.2, -0.15) is 0 Å². The van der Waals surface area contributed by atoms with Gasteiger partial charge >= 0.3 is 0 Å². The quantitative estimate of drug-likeness (QED) is 0.833. The van der Waals surface area contributed by atoms with Crippen LogP contribution in [-0.4, -0.2) is 53.6 Å². The number of carbonyl (C=O) groups excluding carboxylic acids is 1.